The normalized spacial score (nSPS) is 22.7. The lowest BCUT2D eigenvalue weighted by atomic mass is 9.76. The highest BCUT2D eigenvalue weighted by Crippen LogP contribution is 2.42. The van der Waals surface area contributed by atoms with Gasteiger partial charge in [-0.05, 0) is 24.5 Å². The quantitative estimate of drug-likeness (QED) is 0.913. The molecule has 108 valence electrons. The van der Waals surface area contributed by atoms with Crippen LogP contribution in [0.25, 0.3) is 0 Å². The summed E-state index contributed by atoms with van der Waals surface area (Å²) < 4.78 is 15.2. The standard InChI is InChI=1S/C17H14ClFO2/c18-14-8-4-3-7-13(14)16(21)17(19)10-9-11-5-1-2-6-12(11)15(17)20/h1-8,16,21H,9-10H2/t16-,17-/m0/s1. The Morgan fingerprint density at radius 3 is 2.57 bits per heavy atom. The first-order valence-electron chi connectivity index (χ1n) is 6.78. The van der Waals surface area contributed by atoms with E-state index in [9.17, 15) is 9.90 Å². The second kappa shape index (κ2) is 5.24. The zero-order valence-corrected chi connectivity index (χ0v) is 12.0. The summed E-state index contributed by atoms with van der Waals surface area (Å²) in [6.45, 7) is 0. The number of fused-ring (bicyclic) bond motifs is 1. The number of aryl methyl sites for hydroxylation is 1. The molecule has 0 radical (unpaired) electrons. The topological polar surface area (TPSA) is 37.3 Å². The molecule has 2 aromatic carbocycles. The van der Waals surface area contributed by atoms with Crippen molar-refractivity contribution >= 4 is 17.4 Å². The molecule has 1 aliphatic rings. The van der Waals surface area contributed by atoms with Crippen molar-refractivity contribution in [3.05, 3.63) is 70.2 Å². The minimum Gasteiger partial charge on any atom is -0.384 e. The predicted octanol–water partition coefficient (Wildman–Crippen LogP) is 3.91. The highest BCUT2D eigenvalue weighted by Gasteiger charge is 2.49. The molecule has 0 unspecified atom stereocenters. The highest BCUT2D eigenvalue weighted by atomic mass is 35.5. The maximum atomic E-state index is 15.2. The number of carbonyl (C=O) groups is 1. The van der Waals surface area contributed by atoms with Crippen LogP contribution in [0, 0.1) is 0 Å². The van der Waals surface area contributed by atoms with Crippen molar-refractivity contribution in [1.29, 1.82) is 0 Å². The number of alkyl halides is 1. The molecule has 0 saturated heterocycles. The van der Waals surface area contributed by atoms with Gasteiger partial charge in [0.25, 0.3) is 0 Å². The van der Waals surface area contributed by atoms with E-state index in [1.165, 1.54) is 0 Å². The summed E-state index contributed by atoms with van der Waals surface area (Å²) in [6, 6.07) is 13.4. The number of benzene rings is 2. The molecular formula is C17H14ClFO2. The molecule has 0 amide bonds. The Labute approximate surface area is 127 Å². The first kappa shape index (κ1) is 14.2. The average Bonchev–Trinajstić information content (AvgIpc) is 2.51. The molecule has 0 heterocycles. The molecular weight excluding hydrogens is 291 g/mol. The van der Waals surface area contributed by atoms with Gasteiger partial charge in [-0.2, -0.15) is 0 Å². The lowest BCUT2D eigenvalue weighted by molar-refractivity contribution is -0.00668. The Kier molecular flexibility index (Phi) is 3.56. The summed E-state index contributed by atoms with van der Waals surface area (Å²) in [5.41, 5.74) is -0.923. The number of Topliss-reactive ketones (excluding diaryl/α,β-unsaturated/α-hetero) is 1. The fourth-order valence-corrected chi connectivity index (χ4v) is 3.06. The third kappa shape index (κ3) is 2.27. The van der Waals surface area contributed by atoms with Crippen molar-refractivity contribution in [2.45, 2.75) is 24.6 Å². The molecule has 4 heteroatoms. The monoisotopic (exact) mass is 304 g/mol. The number of halogens is 2. The van der Waals surface area contributed by atoms with Crippen molar-refractivity contribution in [2.75, 3.05) is 0 Å². The molecule has 0 bridgehead atoms. The Balaban J connectivity index is 2.03. The van der Waals surface area contributed by atoms with Crippen LogP contribution in [0.3, 0.4) is 0 Å². The third-order valence-corrected chi connectivity index (χ3v) is 4.38. The van der Waals surface area contributed by atoms with Crippen LogP contribution < -0.4 is 0 Å². The Morgan fingerprint density at radius 2 is 1.81 bits per heavy atom. The van der Waals surface area contributed by atoms with Crippen LogP contribution in [0.4, 0.5) is 4.39 Å². The number of aliphatic hydroxyl groups excluding tert-OH is 1. The zero-order valence-electron chi connectivity index (χ0n) is 11.2. The number of hydrogen-bond donors (Lipinski definition) is 1. The van der Waals surface area contributed by atoms with Gasteiger partial charge in [0.05, 0.1) is 0 Å². The SMILES string of the molecule is O=C1c2ccccc2CC[C@@]1(F)[C@@H](O)c1ccccc1Cl. The fraction of sp³-hybridized carbons (Fsp3) is 0.235. The number of carbonyl (C=O) groups excluding carboxylic acids is 1. The number of aliphatic hydroxyl groups is 1. The first-order chi connectivity index (χ1) is 10.0. The molecule has 0 aromatic heterocycles. The van der Waals surface area contributed by atoms with Crippen molar-refractivity contribution in [3.63, 3.8) is 0 Å². The van der Waals surface area contributed by atoms with Gasteiger partial charge in [0.1, 0.15) is 6.10 Å². The predicted molar refractivity (Wildman–Crippen MR) is 79.3 cm³/mol. The van der Waals surface area contributed by atoms with E-state index in [4.69, 9.17) is 11.6 Å². The minimum absolute atomic E-state index is 0.0464. The van der Waals surface area contributed by atoms with Gasteiger partial charge in [0.15, 0.2) is 0 Å². The van der Waals surface area contributed by atoms with E-state index in [0.717, 1.165) is 5.56 Å². The van der Waals surface area contributed by atoms with Gasteiger partial charge in [-0.1, -0.05) is 54.1 Å². The number of hydrogen-bond acceptors (Lipinski definition) is 2. The van der Waals surface area contributed by atoms with Crippen molar-refractivity contribution < 1.29 is 14.3 Å². The molecule has 1 N–H and O–H groups in total. The van der Waals surface area contributed by atoms with Crippen molar-refractivity contribution in [2.24, 2.45) is 0 Å². The van der Waals surface area contributed by atoms with E-state index in [1.807, 2.05) is 12.1 Å². The zero-order chi connectivity index (χ0) is 15.0. The van der Waals surface area contributed by atoms with Gasteiger partial charge < -0.3 is 5.11 Å². The smallest absolute Gasteiger partial charge is 0.203 e. The van der Waals surface area contributed by atoms with E-state index in [0.29, 0.717) is 12.0 Å². The van der Waals surface area contributed by atoms with Crippen LogP contribution >= 0.6 is 11.6 Å². The van der Waals surface area contributed by atoms with Gasteiger partial charge in [-0.15, -0.1) is 0 Å². The molecule has 3 rings (SSSR count). The van der Waals surface area contributed by atoms with Gasteiger partial charge in [0, 0.05) is 16.1 Å². The Morgan fingerprint density at radius 1 is 1.14 bits per heavy atom. The first-order valence-corrected chi connectivity index (χ1v) is 7.16. The van der Waals surface area contributed by atoms with Crippen LogP contribution in [-0.2, 0) is 6.42 Å². The number of ketones is 1. The maximum absolute atomic E-state index is 15.2. The van der Waals surface area contributed by atoms with Crippen LogP contribution in [0.5, 0.6) is 0 Å². The molecule has 2 atom stereocenters. The van der Waals surface area contributed by atoms with E-state index in [1.54, 1.807) is 36.4 Å². The van der Waals surface area contributed by atoms with Gasteiger partial charge in [0.2, 0.25) is 11.5 Å². The molecule has 0 saturated carbocycles. The van der Waals surface area contributed by atoms with Gasteiger partial charge >= 0.3 is 0 Å². The summed E-state index contributed by atoms with van der Waals surface area (Å²) in [4.78, 5) is 12.5. The summed E-state index contributed by atoms with van der Waals surface area (Å²) >= 11 is 6.01. The van der Waals surface area contributed by atoms with Crippen molar-refractivity contribution in [1.82, 2.24) is 0 Å². The lowest BCUT2D eigenvalue weighted by Gasteiger charge is -2.33. The van der Waals surface area contributed by atoms with Crippen LogP contribution in [0.2, 0.25) is 5.02 Å². The van der Waals surface area contributed by atoms with E-state index in [-0.39, 0.29) is 17.0 Å². The molecule has 0 fully saturated rings. The number of rotatable bonds is 2. The van der Waals surface area contributed by atoms with Crippen LogP contribution in [-0.4, -0.2) is 16.6 Å². The summed E-state index contributed by atoms with van der Waals surface area (Å²) in [7, 11) is 0. The summed E-state index contributed by atoms with van der Waals surface area (Å²) in [5.74, 6) is -0.670. The average molecular weight is 305 g/mol. The minimum atomic E-state index is -2.33. The van der Waals surface area contributed by atoms with Gasteiger partial charge in [-0.3, -0.25) is 4.79 Å². The van der Waals surface area contributed by atoms with Crippen LogP contribution in [0.1, 0.15) is 34.0 Å². The van der Waals surface area contributed by atoms with Crippen LogP contribution in [0.15, 0.2) is 48.5 Å². The Bertz CT molecular complexity index is 701. The third-order valence-electron chi connectivity index (χ3n) is 4.03. The maximum Gasteiger partial charge on any atom is 0.203 e. The summed E-state index contributed by atoms with van der Waals surface area (Å²) in [5, 5.41) is 10.7. The molecule has 1 aliphatic carbocycles. The van der Waals surface area contributed by atoms with E-state index < -0.39 is 17.6 Å². The molecule has 0 spiro atoms. The summed E-state index contributed by atoms with van der Waals surface area (Å²) in [6.07, 6.45) is -1.19. The second-order valence-corrected chi connectivity index (χ2v) is 5.68. The highest BCUT2D eigenvalue weighted by molar-refractivity contribution is 6.31. The van der Waals surface area contributed by atoms with E-state index in [2.05, 4.69) is 0 Å². The molecule has 2 nitrogen and oxygen atoms in total. The molecule has 2 aromatic rings. The van der Waals surface area contributed by atoms with Gasteiger partial charge in [-0.25, -0.2) is 4.39 Å². The molecule has 0 aliphatic heterocycles. The second-order valence-electron chi connectivity index (χ2n) is 5.27. The lowest BCUT2D eigenvalue weighted by Crippen LogP contribution is -2.44. The molecule has 21 heavy (non-hydrogen) atoms. The largest absolute Gasteiger partial charge is 0.384 e. The van der Waals surface area contributed by atoms with E-state index >= 15 is 4.39 Å². The Hall–Kier alpha value is -1.71. The van der Waals surface area contributed by atoms with Crippen molar-refractivity contribution in [3.8, 4) is 0 Å². The fourth-order valence-electron chi connectivity index (χ4n) is 2.82.